The molecule has 2 aromatic heterocycles. The van der Waals surface area contributed by atoms with E-state index in [1.54, 1.807) is 0 Å². The molecule has 2 heterocycles. The number of hydrogen-bond acceptors (Lipinski definition) is 4. The van der Waals surface area contributed by atoms with Crippen LogP contribution >= 0.6 is 0 Å². The van der Waals surface area contributed by atoms with Crippen LogP contribution in [0.5, 0.6) is 0 Å². The van der Waals surface area contributed by atoms with Gasteiger partial charge in [0.25, 0.3) is 0 Å². The van der Waals surface area contributed by atoms with Gasteiger partial charge >= 0.3 is 0 Å². The predicted octanol–water partition coefficient (Wildman–Crippen LogP) is 1.46. The number of anilines is 2. The summed E-state index contributed by atoms with van der Waals surface area (Å²) in [5.74, 6) is 1.61. The van der Waals surface area contributed by atoms with Crippen molar-refractivity contribution >= 4 is 11.6 Å². The normalized spacial score (nSPS) is 9.93. The molecule has 0 spiro atoms. The van der Waals surface area contributed by atoms with E-state index in [4.69, 9.17) is 0 Å². The van der Waals surface area contributed by atoms with Gasteiger partial charge in [-0.2, -0.15) is 0 Å². The van der Waals surface area contributed by atoms with Crippen molar-refractivity contribution in [2.24, 2.45) is 0 Å². The fraction of sp³-hybridized carbons (Fsp3) is 0.200. The van der Waals surface area contributed by atoms with Crippen molar-refractivity contribution in [3.63, 3.8) is 0 Å². The maximum absolute atomic E-state index is 4.11. The summed E-state index contributed by atoms with van der Waals surface area (Å²) in [7, 11) is 1.83. The molecule has 0 saturated heterocycles. The first-order valence-electron chi connectivity index (χ1n) is 4.74. The smallest absolute Gasteiger partial charge is 0.131 e. The summed E-state index contributed by atoms with van der Waals surface area (Å²) in [5, 5.41) is 6.16. The minimum atomic E-state index is 0.729. The van der Waals surface area contributed by atoms with E-state index in [-0.39, 0.29) is 0 Å². The maximum atomic E-state index is 4.11. The van der Waals surface area contributed by atoms with Gasteiger partial charge in [-0.1, -0.05) is 0 Å². The van der Waals surface area contributed by atoms with Crippen LogP contribution in [0.1, 0.15) is 5.69 Å². The van der Waals surface area contributed by atoms with Crippen molar-refractivity contribution in [2.45, 2.75) is 6.54 Å². The number of rotatable bonds is 4. The summed E-state index contributed by atoms with van der Waals surface area (Å²) >= 11 is 0. The Morgan fingerprint density at radius 2 is 2.20 bits per heavy atom. The molecule has 2 rings (SSSR count). The minimum Gasteiger partial charge on any atom is -0.373 e. The van der Waals surface area contributed by atoms with E-state index < -0.39 is 0 Å². The highest BCUT2D eigenvalue weighted by Crippen LogP contribution is 2.08. The Morgan fingerprint density at radius 1 is 1.33 bits per heavy atom. The molecule has 0 saturated carbocycles. The maximum Gasteiger partial charge on any atom is 0.131 e. The van der Waals surface area contributed by atoms with Crippen molar-refractivity contribution in [2.75, 3.05) is 17.7 Å². The molecular formula is C10H13N5. The third-order valence-electron chi connectivity index (χ3n) is 2.05. The van der Waals surface area contributed by atoms with E-state index in [1.807, 2.05) is 31.4 Å². The van der Waals surface area contributed by atoms with Crippen molar-refractivity contribution in [1.82, 2.24) is 15.0 Å². The molecule has 0 radical (unpaired) electrons. The third-order valence-corrected chi connectivity index (χ3v) is 2.05. The Kier molecular flexibility index (Phi) is 2.82. The highest BCUT2D eigenvalue weighted by atomic mass is 15.1. The molecule has 5 nitrogen and oxygen atoms in total. The van der Waals surface area contributed by atoms with Gasteiger partial charge in [-0.15, -0.1) is 0 Å². The standard InChI is InChI=1S/C10H13N5/c1-11-9-5-10(15-7-14-9)13-6-8-3-2-4-12-8/h2-5,7,12H,6H2,1H3,(H2,11,13,14,15). The van der Waals surface area contributed by atoms with E-state index in [9.17, 15) is 0 Å². The zero-order valence-corrected chi connectivity index (χ0v) is 8.49. The van der Waals surface area contributed by atoms with Crippen LogP contribution < -0.4 is 10.6 Å². The highest BCUT2D eigenvalue weighted by molar-refractivity contribution is 5.45. The zero-order valence-electron chi connectivity index (χ0n) is 8.49. The quantitative estimate of drug-likeness (QED) is 0.703. The van der Waals surface area contributed by atoms with Crippen molar-refractivity contribution in [3.8, 4) is 0 Å². The molecule has 0 unspecified atom stereocenters. The van der Waals surface area contributed by atoms with Crippen molar-refractivity contribution in [1.29, 1.82) is 0 Å². The predicted molar refractivity (Wildman–Crippen MR) is 59.7 cm³/mol. The molecule has 15 heavy (non-hydrogen) atoms. The lowest BCUT2D eigenvalue weighted by atomic mass is 10.4. The first kappa shape index (κ1) is 9.51. The summed E-state index contributed by atoms with van der Waals surface area (Å²) in [6.45, 7) is 0.729. The van der Waals surface area contributed by atoms with Gasteiger partial charge in [0.2, 0.25) is 0 Å². The summed E-state index contributed by atoms with van der Waals surface area (Å²) in [6.07, 6.45) is 3.43. The van der Waals surface area contributed by atoms with Gasteiger partial charge in [0.05, 0.1) is 6.54 Å². The second-order valence-corrected chi connectivity index (χ2v) is 3.09. The molecule has 0 aliphatic heterocycles. The fourth-order valence-corrected chi connectivity index (χ4v) is 1.25. The number of aromatic amines is 1. The molecular weight excluding hydrogens is 190 g/mol. The molecule has 0 atom stereocenters. The molecule has 78 valence electrons. The van der Waals surface area contributed by atoms with Gasteiger partial charge in [0.1, 0.15) is 18.0 Å². The summed E-state index contributed by atoms with van der Waals surface area (Å²) in [5.41, 5.74) is 1.12. The van der Waals surface area contributed by atoms with Crippen LogP contribution in [0.4, 0.5) is 11.6 Å². The molecule has 0 bridgehead atoms. The Balaban J connectivity index is 1.98. The highest BCUT2D eigenvalue weighted by Gasteiger charge is 1.97. The second-order valence-electron chi connectivity index (χ2n) is 3.09. The number of nitrogens with one attached hydrogen (secondary N) is 3. The first-order valence-corrected chi connectivity index (χ1v) is 4.74. The van der Waals surface area contributed by atoms with Gasteiger partial charge in [0.15, 0.2) is 0 Å². The van der Waals surface area contributed by atoms with Crippen LogP contribution in [-0.2, 0) is 6.54 Å². The van der Waals surface area contributed by atoms with Crippen LogP contribution in [0.3, 0.4) is 0 Å². The number of H-pyrrole nitrogens is 1. The Bertz CT molecular complexity index is 410. The average molecular weight is 203 g/mol. The molecule has 5 heteroatoms. The van der Waals surface area contributed by atoms with Crippen LogP contribution in [-0.4, -0.2) is 22.0 Å². The number of hydrogen-bond donors (Lipinski definition) is 3. The first-order chi connectivity index (χ1) is 7.38. The third kappa shape index (κ3) is 2.46. The minimum absolute atomic E-state index is 0.729. The molecule has 0 aliphatic carbocycles. The van der Waals surface area contributed by atoms with Crippen LogP contribution in [0.15, 0.2) is 30.7 Å². The van der Waals surface area contributed by atoms with Gasteiger partial charge in [-0.05, 0) is 12.1 Å². The SMILES string of the molecule is CNc1cc(NCc2ccc[nH]2)ncn1. The van der Waals surface area contributed by atoms with Crippen LogP contribution in [0.2, 0.25) is 0 Å². The monoisotopic (exact) mass is 203 g/mol. The topological polar surface area (TPSA) is 65.6 Å². The lowest BCUT2D eigenvalue weighted by Gasteiger charge is -2.05. The van der Waals surface area contributed by atoms with Crippen LogP contribution in [0.25, 0.3) is 0 Å². The van der Waals surface area contributed by atoms with Gasteiger partial charge in [-0.25, -0.2) is 9.97 Å². The molecule has 0 amide bonds. The van der Waals surface area contributed by atoms with Gasteiger partial charge in [0, 0.05) is 25.0 Å². The number of aromatic nitrogens is 3. The van der Waals surface area contributed by atoms with E-state index in [2.05, 4.69) is 25.6 Å². The average Bonchev–Trinajstić information content (AvgIpc) is 2.79. The molecule has 0 aliphatic rings. The van der Waals surface area contributed by atoms with E-state index in [0.29, 0.717) is 0 Å². The lowest BCUT2D eigenvalue weighted by Crippen LogP contribution is -2.03. The fourth-order valence-electron chi connectivity index (χ4n) is 1.25. The lowest BCUT2D eigenvalue weighted by molar-refractivity contribution is 1.04. The van der Waals surface area contributed by atoms with E-state index in [0.717, 1.165) is 23.9 Å². The van der Waals surface area contributed by atoms with E-state index >= 15 is 0 Å². The summed E-state index contributed by atoms with van der Waals surface area (Å²) in [6, 6.07) is 5.85. The largest absolute Gasteiger partial charge is 0.373 e. The van der Waals surface area contributed by atoms with E-state index in [1.165, 1.54) is 6.33 Å². The second kappa shape index (κ2) is 4.45. The zero-order chi connectivity index (χ0) is 10.5. The summed E-state index contributed by atoms with van der Waals surface area (Å²) in [4.78, 5) is 11.3. The molecule has 0 fully saturated rings. The van der Waals surface area contributed by atoms with Crippen molar-refractivity contribution in [3.05, 3.63) is 36.4 Å². The van der Waals surface area contributed by atoms with Crippen molar-refractivity contribution < 1.29 is 0 Å². The van der Waals surface area contributed by atoms with Gasteiger partial charge < -0.3 is 15.6 Å². The molecule has 2 aromatic rings. The van der Waals surface area contributed by atoms with Crippen LogP contribution in [0, 0.1) is 0 Å². The Hall–Kier alpha value is -2.04. The number of nitrogens with zero attached hydrogens (tertiary/aromatic N) is 2. The molecule has 3 N–H and O–H groups in total. The Morgan fingerprint density at radius 3 is 2.93 bits per heavy atom. The molecule has 0 aromatic carbocycles. The Labute approximate surface area is 88.0 Å². The summed E-state index contributed by atoms with van der Waals surface area (Å²) < 4.78 is 0. The van der Waals surface area contributed by atoms with Gasteiger partial charge in [-0.3, -0.25) is 0 Å².